The molecule has 0 amide bonds. The molecular weight excluding hydrogens is 269 g/mol. The predicted molar refractivity (Wildman–Crippen MR) is 68.2 cm³/mol. The number of rotatable bonds is 3. The van der Waals surface area contributed by atoms with E-state index in [2.05, 4.69) is 5.32 Å². The maximum atomic E-state index is 12.6. The van der Waals surface area contributed by atoms with Crippen LogP contribution in [-0.4, -0.2) is 19.8 Å². The summed E-state index contributed by atoms with van der Waals surface area (Å²) in [7, 11) is 0. The van der Waals surface area contributed by atoms with Crippen molar-refractivity contribution in [1.82, 2.24) is 0 Å². The number of anilines is 1. The third-order valence-electron chi connectivity index (χ3n) is 3.39. The average Bonchev–Trinajstić information content (AvgIpc) is 2.45. The first-order chi connectivity index (χ1) is 9.50. The Kier molecular flexibility index (Phi) is 4.50. The molecule has 1 aliphatic rings. The quantitative estimate of drug-likeness (QED) is 0.925. The minimum atomic E-state index is -4.43. The van der Waals surface area contributed by atoms with Crippen molar-refractivity contribution in [2.24, 2.45) is 5.92 Å². The Labute approximate surface area is 115 Å². The number of hydrogen-bond donors (Lipinski definition) is 1. The molecule has 108 valence electrons. The van der Waals surface area contributed by atoms with E-state index in [1.54, 1.807) is 0 Å². The molecule has 0 atom stereocenters. The topological polar surface area (TPSA) is 45.0 Å². The van der Waals surface area contributed by atoms with Gasteiger partial charge < -0.3 is 10.1 Å². The maximum Gasteiger partial charge on any atom is 0.416 e. The molecule has 1 aromatic rings. The minimum absolute atomic E-state index is 0.0203. The number of hydrogen-bond acceptors (Lipinski definition) is 3. The van der Waals surface area contributed by atoms with Crippen LogP contribution >= 0.6 is 0 Å². The molecule has 2 rings (SSSR count). The van der Waals surface area contributed by atoms with E-state index in [0.717, 1.165) is 25.0 Å². The van der Waals surface area contributed by atoms with Crippen LogP contribution < -0.4 is 5.32 Å². The standard InChI is InChI=1S/C14H15F3N2O/c15-14(16,17)12-1-2-13(11(7-12)8-18)19-9-10-3-5-20-6-4-10/h1-2,7,10,19H,3-6,9H2. The van der Waals surface area contributed by atoms with Gasteiger partial charge in [-0.25, -0.2) is 0 Å². The smallest absolute Gasteiger partial charge is 0.384 e. The Morgan fingerprint density at radius 3 is 2.60 bits per heavy atom. The number of nitrogens with one attached hydrogen (secondary N) is 1. The van der Waals surface area contributed by atoms with Crippen molar-refractivity contribution in [2.45, 2.75) is 19.0 Å². The Morgan fingerprint density at radius 1 is 1.30 bits per heavy atom. The lowest BCUT2D eigenvalue weighted by molar-refractivity contribution is -0.137. The summed E-state index contributed by atoms with van der Waals surface area (Å²) < 4.78 is 43.0. The Balaban J connectivity index is 2.06. The van der Waals surface area contributed by atoms with Gasteiger partial charge in [-0.3, -0.25) is 0 Å². The zero-order chi connectivity index (χ0) is 14.6. The van der Waals surface area contributed by atoms with Crippen LogP contribution in [0.1, 0.15) is 24.0 Å². The summed E-state index contributed by atoms with van der Waals surface area (Å²) in [6, 6.07) is 5.00. The van der Waals surface area contributed by atoms with Gasteiger partial charge in [0.05, 0.1) is 16.8 Å². The lowest BCUT2D eigenvalue weighted by atomic mass is 10.00. The van der Waals surface area contributed by atoms with E-state index in [4.69, 9.17) is 10.00 Å². The maximum absolute atomic E-state index is 12.6. The molecule has 0 aromatic heterocycles. The van der Waals surface area contributed by atoms with Crippen molar-refractivity contribution in [1.29, 1.82) is 5.26 Å². The molecule has 3 nitrogen and oxygen atoms in total. The van der Waals surface area contributed by atoms with E-state index in [1.807, 2.05) is 6.07 Å². The summed E-state index contributed by atoms with van der Waals surface area (Å²) in [5.41, 5.74) is -0.329. The van der Waals surface area contributed by atoms with Gasteiger partial charge in [-0.2, -0.15) is 18.4 Å². The van der Waals surface area contributed by atoms with Crippen LogP contribution in [0.25, 0.3) is 0 Å². The van der Waals surface area contributed by atoms with Crippen LogP contribution in [0.2, 0.25) is 0 Å². The molecule has 1 saturated heterocycles. The van der Waals surface area contributed by atoms with E-state index in [9.17, 15) is 13.2 Å². The highest BCUT2D eigenvalue weighted by atomic mass is 19.4. The van der Waals surface area contributed by atoms with Gasteiger partial charge in [0.15, 0.2) is 0 Å². The van der Waals surface area contributed by atoms with Crippen LogP contribution in [0, 0.1) is 17.2 Å². The molecule has 1 heterocycles. The molecule has 1 fully saturated rings. The zero-order valence-electron chi connectivity index (χ0n) is 10.8. The fourth-order valence-electron chi connectivity index (χ4n) is 2.17. The molecule has 1 N–H and O–H groups in total. The van der Waals surface area contributed by atoms with Crippen molar-refractivity contribution < 1.29 is 17.9 Å². The first-order valence-electron chi connectivity index (χ1n) is 6.43. The number of alkyl halides is 3. The summed E-state index contributed by atoms with van der Waals surface area (Å²) in [6.07, 6.45) is -2.57. The summed E-state index contributed by atoms with van der Waals surface area (Å²) in [4.78, 5) is 0. The Hall–Kier alpha value is -1.74. The van der Waals surface area contributed by atoms with E-state index in [1.165, 1.54) is 6.07 Å². The summed E-state index contributed by atoms with van der Waals surface area (Å²) in [6.45, 7) is 2.07. The van der Waals surface area contributed by atoms with Gasteiger partial charge in [0.2, 0.25) is 0 Å². The lowest BCUT2D eigenvalue weighted by Gasteiger charge is -2.23. The second-order valence-corrected chi connectivity index (χ2v) is 4.81. The fraction of sp³-hybridized carbons (Fsp3) is 0.500. The van der Waals surface area contributed by atoms with Gasteiger partial charge in [0.25, 0.3) is 0 Å². The van der Waals surface area contributed by atoms with E-state index < -0.39 is 11.7 Å². The molecule has 0 aliphatic carbocycles. The van der Waals surface area contributed by atoms with Gasteiger partial charge in [0, 0.05) is 19.8 Å². The molecule has 6 heteroatoms. The van der Waals surface area contributed by atoms with Crippen molar-refractivity contribution in [3.05, 3.63) is 29.3 Å². The molecule has 1 aromatic carbocycles. The van der Waals surface area contributed by atoms with Gasteiger partial charge in [-0.05, 0) is 37.0 Å². The van der Waals surface area contributed by atoms with Crippen LogP contribution in [0.15, 0.2) is 18.2 Å². The Morgan fingerprint density at radius 2 is 2.00 bits per heavy atom. The number of nitrogens with zero attached hydrogens (tertiary/aromatic N) is 1. The van der Waals surface area contributed by atoms with Crippen LogP contribution in [0.5, 0.6) is 0 Å². The normalized spacial score (nSPS) is 16.7. The van der Waals surface area contributed by atoms with Crippen molar-refractivity contribution in [3.8, 4) is 6.07 Å². The molecule has 0 spiro atoms. The average molecular weight is 284 g/mol. The van der Waals surface area contributed by atoms with E-state index in [0.29, 0.717) is 31.4 Å². The second kappa shape index (κ2) is 6.14. The summed E-state index contributed by atoms with van der Waals surface area (Å²) in [5, 5.41) is 12.0. The Bertz CT molecular complexity index is 502. The van der Waals surface area contributed by atoms with Crippen LogP contribution in [0.3, 0.4) is 0 Å². The van der Waals surface area contributed by atoms with Gasteiger partial charge in [0.1, 0.15) is 6.07 Å². The molecule has 0 radical (unpaired) electrons. The molecule has 20 heavy (non-hydrogen) atoms. The molecule has 0 saturated carbocycles. The largest absolute Gasteiger partial charge is 0.416 e. The molecule has 0 bridgehead atoms. The summed E-state index contributed by atoms with van der Waals surface area (Å²) in [5.74, 6) is 0.428. The fourth-order valence-corrected chi connectivity index (χ4v) is 2.17. The molecular formula is C14H15F3N2O. The van der Waals surface area contributed by atoms with Crippen LogP contribution in [0.4, 0.5) is 18.9 Å². The zero-order valence-corrected chi connectivity index (χ0v) is 10.8. The molecule has 1 aliphatic heterocycles. The van der Waals surface area contributed by atoms with E-state index in [-0.39, 0.29) is 5.56 Å². The van der Waals surface area contributed by atoms with E-state index >= 15 is 0 Å². The van der Waals surface area contributed by atoms with Crippen LogP contribution in [-0.2, 0) is 10.9 Å². The van der Waals surface area contributed by atoms with Gasteiger partial charge in [-0.15, -0.1) is 0 Å². The number of benzene rings is 1. The molecule has 0 unspecified atom stereocenters. The number of nitriles is 1. The highest BCUT2D eigenvalue weighted by Gasteiger charge is 2.31. The third kappa shape index (κ3) is 3.64. The predicted octanol–water partition coefficient (Wildman–Crippen LogP) is 3.42. The highest BCUT2D eigenvalue weighted by Crippen LogP contribution is 2.31. The van der Waals surface area contributed by atoms with Crippen molar-refractivity contribution >= 4 is 5.69 Å². The van der Waals surface area contributed by atoms with Gasteiger partial charge >= 0.3 is 6.18 Å². The monoisotopic (exact) mass is 284 g/mol. The second-order valence-electron chi connectivity index (χ2n) is 4.81. The lowest BCUT2D eigenvalue weighted by Crippen LogP contribution is -2.23. The SMILES string of the molecule is N#Cc1cc(C(F)(F)F)ccc1NCC1CCOCC1. The third-order valence-corrected chi connectivity index (χ3v) is 3.39. The summed E-state index contributed by atoms with van der Waals surface area (Å²) >= 11 is 0. The first-order valence-corrected chi connectivity index (χ1v) is 6.43. The van der Waals surface area contributed by atoms with Gasteiger partial charge in [-0.1, -0.05) is 0 Å². The van der Waals surface area contributed by atoms with Crippen molar-refractivity contribution in [2.75, 3.05) is 25.1 Å². The first kappa shape index (κ1) is 14.7. The minimum Gasteiger partial charge on any atom is -0.384 e. The number of ether oxygens (including phenoxy) is 1. The van der Waals surface area contributed by atoms with Crippen molar-refractivity contribution in [3.63, 3.8) is 0 Å². The highest BCUT2D eigenvalue weighted by molar-refractivity contribution is 5.59. The number of halogens is 3.